The van der Waals surface area contributed by atoms with Crippen molar-refractivity contribution in [3.8, 4) is 23.4 Å². The fourth-order valence-electron chi connectivity index (χ4n) is 2.75. The summed E-state index contributed by atoms with van der Waals surface area (Å²) in [6, 6.07) is 6.92. The Morgan fingerprint density at radius 2 is 1.92 bits per heavy atom. The van der Waals surface area contributed by atoms with Gasteiger partial charge in [-0.3, -0.25) is 14.8 Å². The molecule has 0 saturated heterocycles. The van der Waals surface area contributed by atoms with Gasteiger partial charge in [-0.25, -0.2) is 4.79 Å². The lowest BCUT2D eigenvalue weighted by Crippen LogP contribution is -2.33. The van der Waals surface area contributed by atoms with Crippen LogP contribution in [0.2, 0.25) is 0 Å². The summed E-state index contributed by atoms with van der Waals surface area (Å²) in [5.74, 6) is -0.190. The number of nitrogens with zero attached hydrogens (tertiary/aromatic N) is 1. The second-order valence-corrected chi connectivity index (χ2v) is 5.19. The van der Waals surface area contributed by atoms with Crippen molar-refractivity contribution >= 4 is 0 Å². The van der Waals surface area contributed by atoms with Crippen LogP contribution >= 0.6 is 0 Å². The normalized spacial score (nSPS) is 15.8. The maximum atomic E-state index is 12.3. The maximum Gasteiger partial charge on any atom is 0.328 e. The predicted octanol–water partition coefficient (Wildman–Crippen LogP) is 0.299. The highest BCUT2D eigenvalue weighted by atomic mass is 16.5. The number of nitriles is 1. The number of nitrogens with two attached hydrogens (primary N) is 1. The summed E-state index contributed by atoms with van der Waals surface area (Å²) < 4.78 is 15.7. The zero-order chi connectivity index (χ0) is 18.1. The largest absolute Gasteiger partial charge is 0.493 e. The van der Waals surface area contributed by atoms with E-state index in [-0.39, 0.29) is 22.9 Å². The van der Waals surface area contributed by atoms with Crippen LogP contribution in [0, 0.1) is 11.3 Å². The number of hydrogen-bond acceptors (Lipinski definition) is 7. The van der Waals surface area contributed by atoms with Gasteiger partial charge in [-0.1, -0.05) is 6.07 Å². The summed E-state index contributed by atoms with van der Waals surface area (Å²) in [5, 5.41) is 9.48. The number of aromatic amines is 2. The first-order valence-corrected chi connectivity index (χ1v) is 7.16. The van der Waals surface area contributed by atoms with Crippen LogP contribution in [0.1, 0.15) is 17.0 Å². The summed E-state index contributed by atoms with van der Waals surface area (Å²) >= 11 is 0. The number of methoxy groups -OCH3 is 2. The number of fused-ring (bicyclic) bond motifs is 1. The molecular weight excluding hydrogens is 328 g/mol. The third kappa shape index (κ3) is 2.59. The molecule has 4 N–H and O–H groups in total. The molecule has 0 aliphatic carbocycles. The molecule has 1 aliphatic heterocycles. The first kappa shape index (κ1) is 16.2. The van der Waals surface area contributed by atoms with Crippen molar-refractivity contribution in [2.75, 3.05) is 14.2 Å². The van der Waals surface area contributed by atoms with E-state index in [1.54, 1.807) is 18.2 Å². The van der Waals surface area contributed by atoms with Gasteiger partial charge >= 0.3 is 5.69 Å². The van der Waals surface area contributed by atoms with Crippen molar-refractivity contribution in [2.24, 2.45) is 5.73 Å². The van der Waals surface area contributed by atoms with Crippen molar-refractivity contribution < 1.29 is 14.2 Å². The molecule has 3 rings (SSSR count). The molecule has 0 saturated carbocycles. The summed E-state index contributed by atoms with van der Waals surface area (Å²) in [6.45, 7) is 0. The third-order valence-corrected chi connectivity index (χ3v) is 3.86. The Hall–Kier alpha value is -3.67. The number of allylic oxidation sites excluding steroid dienone is 1. The summed E-state index contributed by atoms with van der Waals surface area (Å²) in [6.07, 6.45) is 0. The van der Waals surface area contributed by atoms with Crippen molar-refractivity contribution in [3.05, 3.63) is 61.6 Å². The van der Waals surface area contributed by atoms with Crippen LogP contribution in [0.3, 0.4) is 0 Å². The quantitative estimate of drug-likeness (QED) is 0.727. The van der Waals surface area contributed by atoms with E-state index in [0.29, 0.717) is 17.1 Å². The van der Waals surface area contributed by atoms with E-state index in [0.717, 1.165) is 0 Å². The van der Waals surface area contributed by atoms with E-state index in [4.69, 9.17) is 19.9 Å². The average molecular weight is 342 g/mol. The van der Waals surface area contributed by atoms with Crippen LogP contribution in [0.5, 0.6) is 17.4 Å². The molecule has 128 valence electrons. The van der Waals surface area contributed by atoms with Crippen LogP contribution in [-0.2, 0) is 0 Å². The van der Waals surface area contributed by atoms with Crippen molar-refractivity contribution in [1.29, 1.82) is 5.26 Å². The molecule has 0 fully saturated rings. The van der Waals surface area contributed by atoms with Gasteiger partial charge in [-0.05, 0) is 17.7 Å². The Morgan fingerprint density at radius 3 is 2.56 bits per heavy atom. The highest BCUT2D eigenvalue weighted by molar-refractivity contribution is 5.55. The predicted molar refractivity (Wildman–Crippen MR) is 86.5 cm³/mol. The first-order valence-electron chi connectivity index (χ1n) is 7.16. The molecule has 1 aromatic carbocycles. The van der Waals surface area contributed by atoms with E-state index >= 15 is 0 Å². The van der Waals surface area contributed by atoms with Crippen molar-refractivity contribution in [2.45, 2.75) is 5.92 Å². The fourth-order valence-corrected chi connectivity index (χ4v) is 2.75. The molecule has 2 heterocycles. The van der Waals surface area contributed by atoms with E-state index < -0.39 is 17.2 Å². The lowest BCUT2D eigenvalue weighted by molar-refractivity contribution is 0.353. The molecule has 2 aromatic rings. The summed E-state index contributed by atoms with van der Waals surface area (Å²) in [7, 11) is 2.97. The molecule has 1 aliphatic rings. The minimum absolute atomic E-state index is 0.0530. The van der Waals surface area contributed by atoms with Crippen LogP contribution in [-0.4, -0.2) is 24.2 Å². The van der Waals surface area contributed by atoms with Gasteiger partial charge in [0.2, 0.25) is 11.8 Å². The molecule has 0 bridgehead atoms. The van der Waals surface area contributed by atoms with E-state index in [1.807, 2.05) is 6.07 Å². The van der Waals surface area contributed by atoms with Crippen LogP contribution in [0.4, 0.5) is 0 Å². The molecule has 1 atom stereocenters. The van der Waals surface area contributed by atoms with Crippen LogP contribution in [0.25, 0.3) is 0 Å². The second-order valence-electron chi connectivity index (χ2n) is 5.19. The van der Waals surface area contributed by atoms with Gasteiger partial charge in [0.1, 0.15) is 11.6 Å². The van der Waals surface area contributed by atoms with Gasteiger partial charge in [-0.2, -0.15) is 5.26 Å². The van der Waals surface area contributed by atoms with Gasteiger partial charge in [0.15, 0.2) is 11.5 Å². The molecule has 1 aromatic heterocycles. The number of H-pyrrole nitrogens is 2. The van der Waals surface area contributed by atoms with Gasteiger partial charge in [0.25, 0.3) is 5.56 Å². The third-order valence-electron chi connectivity index (χ3n) is 3.86. The molecule has 0 spiro atoms. The highest BCUT2D eigenvalue weighted by Crippen LogP contribution is 2.41. The number of ether oxygens (including phenoxy) is 3. The topological polar surface area (TPSA) is 143 Å². The molecule has 0 radical (unpaired) electrons. The van der Waals surface area contributed by atoms with Crippen molar-refractivity contribution in [1.82, 2.24) is 9.97 Å². The molecule has 9 nitrogen and oxygen atoms in total. The van der Waals surface area contributed by atoms with Gasteiger partial charge in [0, 0.05) is 0 Å². The minimum Gasteiger partial charge on any atom is -0.493 e. The number of rotatable bonds is 3. The second kappa shape index (κ2) is 6.09. The number of benzene rings is 1. The molecule has 0 amide bonds. The molecule has 9 heteroatoms. The smallest absolute Gasteiger partial charge is 0.328 e. The Labute approximate surface area is 141 Å². The zero-order valence-corrected chi connectivity index (χ0v) is 13.4. The average Bonchev–Trinajstić information content (AvgIpc) is 2.59. The fraction of sp³-hybridized carbons (Fsp3) is 0.188. The summed E-state index contributed by atoms with van der Waals surface area (Å²) in [5.41, 5.74) is 5.09. The van der Waals surface area contributed by atoms with E-state index in [9.17, 15) is 14.9 Å². The van der Waals surface area contributed by atoms with Crippen LogP contribution < -0.4 is 31.2 Å². The lowest BCUT2D eigenvalue weighted by Gasteiger charge is -2.25. The standard InChI is InChI=1S/C16H14N4O5/c1-23-9-4-3-7(5-10(9)24-2)11-8(6-17)13(18)25-15-12(11)14(21)19-16(22)20-15/h3-5,11H,18H2,1-2H3,(H2,19,20,21,22)/t11-/m0/s1. The van der Waals surface area contributed by atoms with Gasteiger partial charge in [0.05, 0.1) is 25.7 Å². The zero-order valence-electron chi connectivity index (χ0n) is 13.4. The number of aromatic nitrogens is 2. The first-order chi connectivity index (χ1) is 12.0. The molecule has 0 unspecified atom stereocenters. The minimum atomic E-state index is -0.825. The van der Waals surface area contributed by atoms with Crippen LogP contribution in [0.15, 0.2) is 39.2 Å². The van der Waals surface area contributed by atoms with Crippen molar-refractivity contribution in [3.63, 3.8) is 0 Å². The maximum absolute atomic E-state index is 12.3. The highest BCUT2D eigenvalue weighted by Gasteiger charge is 2.34. The van der Waals surface area contributed by atoms with Gasteiger partial charge < -0.3 is 19.9 Å². The Morgan fingerprint density at radius 1 is 1.20 bits per heavy atom. The van der Waals surface area contributed by atoms with Gasteiger partial charge in [-0.15, -0.1) is 0 Å². The number of hydrogen-bond donors (Lipinski definition) is 3. The molecular formula is C16H14N4O5. The SMILES string of the molecule is COc1ccc([C@H]2C(C#N)=C(N)Oc3[nH]c(=O)[nH]c(=O)c32)cc1OC. The lowest BCUT2D eigenvalue weighted by atomic mass is 9.85. The number of nitrogens with one attached hydrogen (secondary N) is 2. The molecule has 25 heavy (non-hydrogen) atoms. The Bertz CT molecular complexity index is 1030. The Balaban J connectivity index is 2.29. The monoisotopic (exact) mass is 342 g/mol. The summed E-state index contributed by atoms with van der Waals surface area (Å²) in [4.78, 5) is 28.3. The Kier molecular flexibility index (Phi) is 3.94. The van der Waals surface area contributed by atoms with E-state index in [2.05, 4.69) is 9.97 Å². The van der Waals surface area contributed by atoms with E-state index in [1.165, 1.54) is 14.2 Å².